The summed E-state index contributed by atoms with van der Waals surface area (Å²) in [4.78, 5) is 11.6. The van der Waals surface area contributed by atoms with E-state index in [1.807, 2.05) is 25.7 Å². The van der Waals surface area contributed by atoms with Crippen molar-refractivity contribution in [3.8, 4) is 0 Å². The van der Waals surface area contributed by atoms with Gasteiger partial charge in [0.1, 0.15) is 0 Å². The largest absolute Gasteiger partial charge is 0.308 e. The fourth-order valence-electron chi connectivity index (χ4n) is 1.80. The highest BCUT2D eigenvalue weighted by molar-refractivity contribution is 7.99. The molecule has 1 aliphatic rings. The normalized spacial score (nSPS) is 22.6. The van der Waals surface area contributed by atoms with Crippen molar-refractivity contribution < 1.29 is 0 Å². The Balaban J connectivity index is 2.34. The van der Waals surface area contributed by atoms with Gasteiger partial charge in [-0.25, -0.2) is 0 Å². The first-order valence-electron chi connectivity index (χ1n) is 4.77. The van der Waals surface area contributed by atoms with Crippen molar-refractivity contribution in [2.75, 3.05) is 18.1 Å². The number of nitrogens with one attached hydrogen (secondary N) is 2. The van der Waals surface area contributed by atoms with Crippen molar-refractivity contribution in [2.24, 2.45) is 7.05 Å². The molecule has 0 aliphatic carbocycles. The first-order chi connectivity index (χ1) is 6.70. The van der Waals surface area contributed by atoms with Crippen LogP contribution in [0.25, 0.3) is 0 Å². The molecular formula is C9H15N3OS. The Hall–Kier alpha value is -0.680. The molecule has 2 rings (SSSR count). The molecule has 0 saturated carbocycles. The molecule has 0 spiro atoms. The van der Waals surface area contributed by atoms with Crippen molar-refractivity contribution in [3.05, 3.63) is 21.6 Å². The first-order valence-corrected chi connectivity index (χ1v) is 5.92. The molecule has 1 saturated heterocycles. The molecule has 0 amide bonds. The number of aromatic nitrogens is 2. The summed E-state index contributed by atoms with van der Waals surface area (Å²) < 4.78 is 1.79. The Kier molecular flexibility index (Phi) is 2.69. The zero-order valence-corrected chi connectivity index (χ0v) is 9.28. The van der Waals surface area contributed by atoms with Gasteiger partial charge < -0.3 is 5.32 Å². The molecule has 1 aromatic rings. The van der Waals surface area contributed by atoms with Crippen LogP contribution in [0.1, 0.15) is 17.3 Å². The molecule has 1 aliphatic heterocycles. The van der Waals surface area contributed by atoms with Crippen LogP contribution < -0.4 is 10.9 Å². The Morgan fingerprint density at radius 3 is 2.86 bits per heavy atom. The quantitative estimate of drug-likeness (QED) is 0.710. The van der Waals surface area contributed by atoms with Gasteiger partial charge in [-0.1, -0.05) is 0 Å². The van der Waals surface area contributed by atoms with Crippen LogP contribution in [-0.4, -0.2) is 27.8 Å². The maximum absolute atomic E-state index is 11.6. The van der Waals surface area contributed by atoms with Gasteiger partial charge in [-0.3, -0.25) is 14.6 Å². The minimum atomic E-state index is 0.0463. The van der Waals surface area contributed by atoms with Crippen molar-refractivity contribution in [1.29, 1.82) is 0 Å². The van der Waals surface area contributed by atoms with Gasteiger partial charge >= 0.3 is 0 Å². The van der Waals surface area contributed by atoms with E-state index in [9.17, 15) is 4.79 Å². The number of aryl methyl sites for hydroxylation is 1. The smallest absolute Gasteiger partial charge is 0.269 e. The van der Waals surface area contributed by atoms with E-state index >= 15 is 0 Å². The van der Waals surface area contributed by atoms with E-state index in [1.54, 1.807) is 4.68 Å². The maximum Gasteiger partial charge on any atom is 0.269 e. The standard InChI is InChI=1S/C9H15N3OS/c1-6-8(9(13)11-12(6)2)7-5-14-4-3-10-7/h7,10H,3-5H2,1-2H3,(H,11,13). The highest BCUT2D eigenvalue weighted by Gasteiger charge is 2.21. The van der Waals surface area contributed by atoms with E-state index in [4.69, 9.17) is 0 Å². The lowest BCUT2D eigenvalue weighted by Gasteiger charge is -2.22. The third-order valence-corrected chi connectivity index (χ3v) is 3.74. The third-order valence-electron chi connectivity index (χ3n) is 2.68. The molecule has 1 fully saturated rings. The summed E-state index contributed by atoms with van der Waals surface area (Å²) in [6.45, 7) is 2.97. The minimum absolute atomic E-state index is 0.0463. The summed E-state index contributed by atoms with van der Waals surface area (Å²) in [5.41, 5.74) is 1.99. The Morgan fingerprint density at radius 1 is 1.57 bits per heavy atom. The van der Waals surface area contributed by atoms with E-state index < -0.39 is 0 Å². The predicted octanol–water partition coefficient (Wildman–Crippen LogP) is 0.399. The fraction of sp³-hybridized carbons (Fsp3) is 0.667. The monoisotopic (exact) mass is 213 g/mol. The van der Waals surface area contributed by atoms with E-state index in [2.05, 4.69) is 10.4 Å². The van der Waals surface area contributed by atoms with Gasteiger partial charge in [0.25, 0.3) is 5.56 Å². The molecule has 0 aromatic carbocycles. The van der Waals surface area contributed by atoms with Crippen LogP contribution in [-0.2, 0) is 7.05 Å². The molecule has 0 radical (unpaired) electrons. The Morgan fingerprint density at radius 2 is 2.36 bits per heavy atom. The van der Waals surface area contributed by atoms with Gasteiger partial charge in [0, 0.05) is 36.8 Å². The lowest BCUT2D eigenvalue weighted by Crippen LogP contribution is -2.33. The lowest BCUT2D eigenvalue weighted by molar-refractivity contribution is 0.588. The van der Waals surface area contributed by atoms with Gasteiger partial charge in [-0.15, -0.1) is 0 Å². The summed E-state index contributed by atoms with van der Waals surface area (Å²) in [6.07, 6.45) is 0. The zero-order valence-electron chi connectivity index (χ0n) is 8.46. The van der Waals surface area contributed by atoms with Gasteiger partial charge in [-0.2, -0.15) is 11.8 Å². The van der Waals surface area contributed by atoms with Crippen LogP contribution in [0.5, 0.6) is 0 Å². The molecule has 1 atom stereocenters. The third kappa shape index (κ3) is 1.62. The zero-order chi connectivity index (χ0) is 10.1. The van der Waals surface area contributed by atoms with Crippen LogP contribution in [0.15, 0.2) is 4.79 Å². The van der Waals surface area contributed by atoms with Crippen LogP contribution in [0.4, 0.5) is 0 Å². The van der Waals surface area contributed by atoms with Gasteiger partial charge in [0.15, 0.2) is 0 Å². The number of H-pyrrole nitrogens is 1. The molecule has 2 N–H and O–H groups in total. The van der Waals surface area contributed by atoms with Crippen LogP contribution in [0, 0.1) is 6.92 Å². The van der Waals surface area contributed by atoms with E-state index in [-0.39, 0.29) is 11.6 Å². The summed E-state index contributed by atoms with van der Waals surface area (Å²) >= 11 is 1.90. The van der Waals surface area contributed by atoms with Gasteiger partial charge in [0.2, 0.25) is 0 Å². The molecule has 4 nitrogen and oxygen atoms in total. The molecule has 78 valence electrons. The summed E-state index contributed by atoms with van der Waals surface area (Å²) in [5.74, 6) is 2.13. The highest BCUT2D eigenvalue weighted by Crippen LogP contribution is 2.21. The lowest BCUT2D eigenvalue weighted by atomic mass is 10.1. The van der Waals surface area contributed by atoms with Crippen LogP contribution in [0.3, 0.4) is 0 Å². The SMILES string of the molecule is Cc1c(C2CSCCN2)c(=O)[nH]n1C. The van der Waals surface area contributed by atoms with Crippen molar-refractivity contribution in [3.63, 3.8) is 0 Å². The number of hydrogen-bond donors (Lipinski definition) is 2. The number of hydrogen-bond acceptors (Lipinski definition) is 3. The molecule has 14 heavy (non-hydrogen) atoms. The van der Waals surface area contributed by atoms with Crippen LogP contribution >= 0.6 is 11.8 Å². The number of aromatic amines is 1. The molecule has 1 aromatic heterocycles. The summed E-state index contributed by atoms with van der Waals surface area (Å²) in [6, 6.07) is 0.221. The number of nitrogens with zero attached hydrogens (tertiary/aromatic N) is 1. The van der Waals surface area contributed by atoms with Crippen molar-refractivity contribution in [1.82, 2.24) is 15.1 Å². The second-order valence-corrected chi connectivity index (χ2v) is 4.73. The molecule has 0 bridgehead atoms. The second-order valence-electron chi connectivity index (χ2n) is 3.58. The topological polar surface area (TPSA) is 49.8 Å². The average molecular weight is 213 g/mol. The number of rotatable bonds is 1. The molecule has 1 unspecified atom stereocenters. The van der Waals surface area contributed by atoms with Gasteiger partial charge in [-0.05, 0) is 6.92 Å². The fourth-order valence-corrected chi connectivity index (χ4v) is 2.75. The Labute approximate surface area is 87.1 Å². The van der Waals surface area contributed by atoms with E-state index in [0.29, 0.717) is 0 Å². The average Bonchev–Trinajstić information content (AvgIpc) is 2.43. The summed E-state index contributed by atoms with van der Waals surface area (Å²) in [7, 11) is 1.87. The second kappa shape index (κ2) is 3.82. The maximum atomic E-state index is 11.6. The molecular weight excluding hydrogens is 198 g/mol. The van der Waals surface area contributed by atoms with Crippen molar-refractivity contribution >= 4 is 11.8 Å². The molecule has 2 heterocycles. The van der Waals surface area contributed by atoms with Crippen molar-refractivity contribution in [2.45, 2.75) is 13.0 Å². The Bertz CT molecular complexity index is 376. The minimum Gasteiger partial charge on any atom is -0.308 e. The molecule has 5 heteroatoms. The highest BCUT2D eigenvalue weighted by atomic mass is 32.2. The predicted molar refractivity (Wildman–Crippen MR) is 58.8 cm³/mol. The first kappa shape index (κ1) is 9.86. The van der Waals surface area contributed by atoms with E-state index in [1.165, 1.54) is 0 Å². The van der Waals surface area contributed by atoms with Gasteiger partial charge in [0.05, 0.1) is 5.56 Å². The van der Waals surface area contributed by atoms with E-state index in [0.717, 1.165) is 29.3 Å². The van der Waals surface area contributed by atoms with Crippen LogP contribution in [0.2, 0.25) is 0 Å². The summed E-state index contributed by atoms with van der Waals surface area (Å²) in [5, 5.41) is 6.16. The number of thioether (sulfide) groups is 1.